The fraction of sp³-hybridized carbons (Fsp3) is 0.286. The number of fused-ring (bicyclic) bond motifs is 1. The van der Waals surface area contributed by atoms with Gasteiger partial charge in [0.25, 0.3) is 5.56 Å². The lowest BCUT2D eigenvalue weighted by atomic mass is 10.2. The standard InChI is InChI=1S/C21H21N3O6S/c25-19-17-5-1-2-6-18(17)22-21(27)23(19)11-3-13-30-20(26)15-7-9-16(10-8-15)24-12-4-14-31(24,28)29/h1-2,5-10H,3-4,11-14H2,(H,22,27). The van der Waals surface area contributed by atoms with Crippen LogP contribution in [0.4, 0.5) is 5.69 Å². The molecule has 162 valence electrons. The number of esters is 1. The van der Waals surface area contributed by atoms with Gasteiger partial charge in [0, 0.05) is 13.1 Å². The molecule has 1 N–H and O–H groups in total. The first-order chi connectivity index (χ1) is 14.9. The molecule has 0 amide bonds. The Kier molecular flexibility index (Phi) is 5.64. The zero-order chi connectivity index (χ0) is 22.0. The molecule has 0 saturated carbocycles. The monoisotopic (exact) mass is 443 g/mol. The second-order valence-electron chi connectivity index (χ2n) is 7.21. The van der Waals surface area contributed by atoms with E-state index in [1.165, 1.54) is 16.4 Å². The van der Waals surface area contributed by atoms with Gasteiger partial charge in [-0.2, -0.15) is 0 Å². The summed E-state index contributed by atoms with van der Waals surface area (Å²) in [4.78, 5) is 39.5. The van der Waals surface area contributed by atoms with E-state index in [-0.39, 0.29) is 25.3 Å². The highest BCUT2D eigenvalue weighted by Gasteiger charge is 2.28. The summed E-state index contributed by atoms with van der Waals surface area (Å²) in [7, 11) is -3.28. The first kappa shape index (κ1) is 20.9. The van der Waals surface area contributed by atoms with Gasteiger partial charge in [-0.05, 0) is 49.2 Å². The molecule has 0 bridgehead atoms. The van der Waals surface area contributed by atoms with Crippen LogP contribution in [0.25, 0.3) is 10.9 Å². The number of ether oxygens (including phenoxy) is 1. The highest BCUT2D eigenvalue weighted by Crippen LogP contribution is 2.24. The summed E-state index contributed by atoms with van der Waals surface area (Å²) < 4.78 is 31.6. The Balaban J connectivity index is 1.35. The van der Waals surface area contributed by atoms with Crippen molar-refractivity contribution >= 4 is 32.6 Å². The summed E-state index contributed by atoms with van der Waals surface area (Å²) in [5.41, 5.74) is 0.385. The van der Waals surface area contributed by atoms with Crippen molar-refractivity contribution in [3.05, 3.63) is 74.9 Å². The van der Waals surface area contributed by atoms with E-state index < -0.39 is 27.2 Å². The number of rotatable bonds is 6. The van der Waals surface area contributed by atoms with E-state index in [1.807, 2.05) is 0 Å². The highest BCUT2D eigenvalue weighted by atomic mass is 32.2. The van der Waals surface area contributed by atoms with Crippen LogP contribution in [0.15, 0.2) is 58.1 Å². The molecule has 0 radical (unpaired) electrons. The molecule has 1 aromatic heterocycles. The van der Waals surface area contributed by atoms with Crippen LogP contribution in [-0.2, 0) is 21.3 Å². The number of hydrogen-bond acceptors (Lipinski definition) is 6. The summed E-state index contributed by atoms with van der Waals surface area (Å²) in [6, 6.07) is 12.9. The Hall–Kier alpha value is -3.40. The molecule has 31 heavy (non-hydrogen) atoms. The number of carbonyl (C=O) groups is 1. The molecular weight excluding hydrogens is 422 g/mol. The smallest absolute Gasteiger partial charge is 0.338 e. The fourth-order valence-electron chi connectivity index (χ4n) is 3.57. The maximum atomic E-state index is 12.5. The topological polar surface area (TPSA) is 119 Å². The second-order valence-corrected chi connectivity index (χ2v) is 9.22. The molecule has 0 atom stereocenters. The molecule has 2 aromatic carbocycles. The van der Waals surface area contributed by atoms with Gasteiger partial charge >= 0.3 is 11.7 Å². The summed E-state index contributed by atoms with van der Waals surface area (Å²) in [5.74, 6) is -0.435. The molecule has 10 heteroatoms. The van der Waals surface area contributed by atoms with E-state index >= 15 is 0 Å². The number of nitrogens with zero attached hydrogens (tertiary/aromatic N) is 2. The van der Waals surface area contributed by atoms with Crippen LogP contribution >= 0.6 is 0 Å². The van der Waals surface area contributed by atoms with E-state index in [2.05, 4.69) is 4.98 Å². The van der Waals surface area contributed by atoms with Crippen molar-refractivity contribution < 1.29 is 17.9 Å². The Morgan fingerprint density at radius 3 is 2.52 bits per heavy atom. The number of hydrogen-bond donors (Lipinski definition) is 1. The van der Waals surface area contributed by atoms with Crippen LogP contribution in [0.5, 0.6) is 0 Å². The number of para-hydroxylation sites is 1. The zero-order valence-electron chi connectivity index (χ0n) is 16.6. The highest BCUT2D eigenvalue weighted by molar-refractivity contribution is 7.93. The largest absolute Gasteiger partial charge is 0.462 e. The van der Waals surface area contributed by atoms with Gasteiger partial charge in [-0.15, -0.1) is 0 Å². The lowest BCUT2D eigenvalue weighted by Crippen LogP contribution is -2.35. The molecule has 4 rings (SSSR count). The molecule has 0 unspecified atom stereocenters. The van der Waals surface area contributed by atoms with Crippen LogP contribution in [-0.4, -0.2) is 42.8 Å². The summed E-state index contributed by atoms with van der Waals surface area (Å²) in [6.07, 6.45) is 0.867. The molecule has 1 saturated heterocycles. The fourth-order valence-corrected chi connectivity index (χ4v) is 5.13. The van der Waals surface area contributed by atoms with Crippen molar-refractivity contribution in [3.63, 3.8) is 0 Å². The zero-order valence-corrected chi connectivity index (χ0v) is 17.4. The number of anilines is 1. The normalized spacial score (nSPS) is 15.3. The third-order valence-corrected chi connectivity index (χ3v) is 7.01. The number of H-pyrrole nitrogens is 1. The van der Waals surface area contributed by atoms with Gasteiger partial charge in [-0.1, -0.05) is 12.1 Å². The van der Waals surface area contributed by atoms with Crippen molar-refractivity contribution in [1.29, 1.82) is 0 Å². The van der Waals surface area contributed by atoms with Crippen LogP contribution in [0, 0.1) is 0 Å². The van der Waals surface area contributed by atoms with E-state index in [4.69, 9.17) is 4.74 Å². The van der Waals surface area contributed by atoms with Crippen LogP contribution in [0.2, 0.25) is 0 Å². The average Bonchev–Trinajstić information content (AvgIpc) is 3.12. The predicted molar refractivity (Wildman–Crippen MR) is 116 cm³/mol. The number of nitrogens with one attached hydrogen (secondary N) is 1. The number of sulfonamides is 1. The van der Waals surface area contributed by atoms with Gasteiger partial charge in [0.15, 0.2) is 0 Å². The third kappa shape index (κ3) is 4.24. The number of aromatic amines is 1. The molecule has 0 aliphatic carbocycles. The summed E-state index contributed by atoms with van der Waals surface area (Å²) in [6.45, 7) is 0.567. The van der Waals surface area contributed by atoms with Gasteiger partial charge in [-0.25, -0.2) is 18.0 Å². The van der Waals surface area contributed by atoms with Gasteiger partial charge in [0.05, 0.1) is 34.5 Å². The van der Waals surface area contributed by atoms with Crippen LogP contribution in [0.1, 0.15) is 23.2 Å². The predicted octanol–water partition coefficient (Wildman–Crippen LogP) is 1.48. The second kappa shape index (κ2) is 8.38. The van der Waals surface area contributed by atoms with Gasteiger partial charge in [-0.3, -0.25) is 13.7 Å². The van der Waals surface area contributed by atoms with Crippen molar-refractivity contribution in [2.75, 3.05) is 23.2 Å². The van der Waals surface area contributed by atoms with E-state index in [0.717, 1.165) is 4.57 Å². The molecule has 1 aliphatic rings. The Bertz CT molecular complexity index is 1340. The lowest BCUT2D eigenvalue weighted by Gasteiger charge is -2.16. The van der Waals surface area contributed by atoms with Crippen molar-refractivity contribution in [2.45, 2.75) is 19.4 Å². The molecular formula is C21H21N3O6S. The molecule has 2 heterocycles. The Morgan fingerprint density at radius 2 is 1.81 bits per heavy atom. The van der Waals surface area contributed by atoms with Crippen LogP contribution in [0.3, 0.4) is 0 Å². The quantitative estimate of drug-likeness (QED) is 0.455. The third-order valence-electron chi connectivity index (χ3n) is 5.14. The SMILES string of the molecule is O=C(OCCCn1c(=O)[nH]c2ccccc2c1=O)c1ccc(N2CCCS2(=O)=O)cc1. The molecule has 1 fully saturated rings. The molecule has 9 nitrogen and oxygen atoms in total. The maximum absolute atomic E-state index is 12.5. The van der Waals surface area contributed by atoms with Crippen molar-refractivity contribution in [2.24, 2.45) is 0 Å². The van der Waals surface area contributed by atoms with E-state index in [9.17, 15) is 22.8 Å². The van der Waals surface area contributed by atoms with E-state index in [1.54, 1.807) is 36.4 Å². The first-order valence-corrected chi connectivity index (χ1v) is 11.5. The average molecular weight is 443 g/mol. The van der Waals surface area contributed by atoms with Gasteiger partial charge in [0.2, 0.25) is 10.0 Å². The van der Waals surface area contributed by atoms with Crippen molar-refractivity contribution in [1.82, 2.24) is 9.55 Å². The van der Waals surface area contributed by atoms with Crippen LogP contribution < -0.4 is 15.6 Å². The minimum atomic E-state index is -3.28. The molecule has 0 spiro atoms. The van der Waals surface area contributed by atoms with Gasteiger partial charge in [0.1, 0.15) is 0 Å². The molecule has 1 aliphatic heterocycles. The summed E-state index contributed by atoms with van der Waals surface area (Å²) in [5, 5.41) is 0.416. The number of benzene rings is 2. The minimum absolute atomic E-state index is 0.0276. The summed E-state index contributed by atoms with van der Waals surface area (Å²) >= 11 is 0. The first-order valence-electron chi connectivity index (χ1n) is 9.86. The Morgan fingerprint density at radius 1 is 1.06 bits per heavy atom. The van der Waals surface area contributed by atoms with Gasteiger partial charge < -0.3 is 9.72 Å². The number of carbonyl (C=O) groups excluding carboxylic acids is 1. The Labute approximate surface area is 177 Å². The number of aromatic nitrogens is 2. The minimum Gasteiger partial charge on any atom is -0.462 e. The van der Waals surface area contributed by atoms with E-state index in [0.29, 0.717) is 35.1 Å². The molecule has 3 aromatic rings. The lowest BCUT2D eigenvalue weighted by molar-refractivity contribution is 0.0495. The maximum Gasteiger partial charge on any atom is 0.338 e. The van der Waals surface area contributed by atoms with Crippen molar-refractivity contribution in [3.8, 4) is 0 Å².